The van der Waals surface area contributed by atoms with E-state index in [0.29, 0.717) is 56.6 Å². The lowest BCUT2D eigenvalue weighted by Crippen LogP contribution is -2.55. The Bertz CT molecular complexity index is 1050. The first-order valence-corrected chi connectivity index (χ1v) is 14.0. The Labute approximate surface area is 231 Å². The maximum atomic E-state index is 12.7. The van der Waals surface area contributed by atoms with E-state index in [1.165, 1.54) is 19.1 Å². The fourth-order valence-corrected chi connectivity index (χ4v) is 5.04. The van der Waals surface area contributed by atoms with E-state index in [2.05, 4.69) is 39.8 Å². The molecule has 0 spiro atoms. The summed E-state index contributed by atoms with van der Waals surface area (Å²) in [6.07, 6.45) is 5.09. The van der Waals surface area contributed by atoms with Gasteiger partial charge in [0.1, 0.15) is 12.0 Å². The summed E-state index contributed by atoms with van der Waals surface area (Å²) in [5, 5.41) is 14.3. The quantitative estimate of drug-likeness (QED) is 0.458. The third-order valence-electron chi connectivity index (χ3n) is 7.69. The minimum Gasteiger partial charge on any atom is -0.497 e. The average Bonchev–Trinajstić information content (AvgIpc) is 3.62. The monoisotopic (exact) mass is 545 g/mol. The van der Waals surface area contributed by atoms with Crippen molar-refractivity contribution in [3.63, 3.8) is 0 Å². The van der Waals surface area contributed by atoms with E-state index in [1.807, 2.05) is 26.0 Å². The van der Waals surface area contributed by atoms with E-state index in [0.717, 1.165) is 48.0 Å². The van der Waals surface area contributed by atoms with Gasteiger partial charge < -0.3 is 29.4 Å². The van der Waals surface area contributed by atoms with Gasteiger partial charge in [-0.05, 0) is 69.8 Å². The Morgan fingerprint density at radius 3 is 2.37 bits per heavy atom. The highest BCUT2D eigenvalue weighted by Gasteiger charge is 2.36. The molecule has 5 rings (SSSR count). The van der Waals surface area contributed by atoms with Crippen molar-refractivity contribution in [1.29, 1.82) is 0 Å². The van der Waals surface area contributed by atoms with Crippen LogP contribution >= 0.6 is 12.6 Å². The van der Waals surface area contributed by atoms with Gasteiger partial charge in [-0.1, -0.05) is 0 Å². The zero-order valence-electron chi connectivity index (χ0n) is 23.2. The van der Waals surface area contributed by atoms with E-state index in [1.54, 1.807) is 12.0 Å². The van der Waals surface area contributed by atoms with Crippen LogP contribution in [-0.2, 0) is 6.54 Å². The SMILES string of the molecule is CN1CCN(CC2(O)CCN(C(=O)c3coc(CNC4CC4)n3)CC2)CC1.COc1cc(C)c(S)c(C)c1. The number of nitrogens with one attached hydrogen (secondary N) is 1. The van der Waals surface area contributed by atoms with Crippen LogP contribution in [-0.4, -0.2) is 102 Å². The summed E-state index contributed by atoms with van der Waals surface area (Å²) < 4.78 is 10.5. The highest BCUT2D eigenvalue weighted by Crippen LogP contribution is 2.26. The molecule has 1 aromatic carbocycles. The van der Waals surface area contributed by atoms with Crippen molar-refractivity contribution in [2.75, 3.05) is 60.0 Å². The number of nitrogens with zero attached hydrogens (tertiary/aromatic N) is 4. The van der Waals surface area contributed by atoms with Gasteiger partial charge in [-0.15, -0.1) is 12.6 Å². The Hall–Kier alpha value is -2.11. The van der Waals surface area contributed by atoms with Gasteiger partial charge in [0, 0.05) is 56.8 Å². The predicted octanol–water partition coefficient (Wildman–Crippen LogP) is 2.74. The van der Waals surface area contributed by atoms with Crippen molar-refractivity contribution < 1.29 is 19.1 Å². The molecule has 9 nitrogen and oxygen atoms in total. The number of β-amino-alcohol motifs (C(OH)–C–C–N with tert-alkyl or cyclic N) is 1. The van der Waals surface area contributed by atoms with Gasteiger partial charge in [0.2, 0.25) is 5.89 Å². The number of hydrogen-bond acceptors (Lipinski definition) is 9. The molecule has 2 N–H and O–H groups in total. The average molecular weight is 546 g/mol. The second kappa shape index (κ2) is 12.8. The number of thiol groups is 1. The highest BCUT2D eigenvalue weighted by molar-refractivity contribution is 7.80. The summed E-state index contributed by atoms with van der Waals surface area (Å²) in [4.78, 5) is 24.5. The van der Waals surface area contributed by atoms with Gasteiger partial charge in [-0.2, -0.15) is 0 Å². The molecule has 0 bridgehead atoms. The third-order valence-corrected chi connectivity index (χ3v) is 8.39. The van der Waals surface area contributed by atoms with Crippen LogP contribution in [0, 0.1) is 13.8 Å². The first kappa shape index (κ1) is 28.9. The number of carbonyl (C=O) groups is 1. The second-order valence-electron chi connectivity index (χ2n) is 11.0. The van der Waals surface area contributed by atoms with E-state index < -0.39 is 5.60 Å². The first-order chi connectivity index (χ1) is 18.2. The molecule has 38 heavy (non-hydrogen) atoms. The van der Waals surface area contributed by atoms with Gasteiger partial charge >= 0.3 is 0 Å². The normalized spacial score (nSPS) is 20.1. The number of hydrogen-bond donors (Lipinski definition) is 3. The molecule has 1 saturated carbocycles. The van der Waals surface area contributed by atoms with Crippen molar-refractivity contribution in [3.05, 3.63) is 41.1 Å². The number of oxazole rings is 1. The van der Waals surface area contributed by atoms with Crippen molar-refractivity contribution in [1.82, 2.24) is 25.0 Å². The number of piperazine rings is 1. The molecular weight excluding hydrogens is 502 g/mol. The lowest BCUT2D eigenvalue weighted by Gasteiger charge is -2.42. The van der Waals surface area contributed by atoms with Gasteiger partial charge in [0.15, 0.2) is 5.69 Å². The molecule has 1 aromatic heterocycles. The van der Waals surface area contributed by atoms with E-state index >= 15 is 0 Å². The number of benzene rings is 1. The number of piperidine rings is 1. The Morgan fingerprint density at radius 1 is 1.16 bits per heavy atom. The Balaban J connectivity index is 0.000000257. The summed E-state index contributed by atoms with van der Waals surface area (Å²) in [5.74, 6) is 1.37. The minimum atomic E-state index is -0.699. The predicted molar refractivity (Wildman–Crippen MR) is 150 cm³/mol. The smallest absolute Gasteiger partial charge is 0.275 e. The lowest BCUT2D eigenvalue weighted by molar-refractivity contribution is -0.0468. The van der Waals surface area contributed by atoms with Gasteiger partial charge in [-0.3, -0.25) is 9.69 Å². The number of rotatable bonds is 7. The summed E-state index contributed by atoms with van der Waals surface area (Å²) in [7, 11) is 3.81. The van der Waals surface area contributed by atoms with Crippen molar-refractivity contribution >= 4 is 18.5 Å². The Kier molecular flexibility index (Phi) is 9.75. The molecule has 0 unspecified atom stereocenters. The van der Waals surface area contributed by atoms with Crippen LogP contribution in [0.25, 0.3) is 0 Å². The Morgan fingerprint density at radius 2 is 1.79 bits per heavy atom. The molecule has 1 aliphatic carbocycles. The topological polar surface area (TPSA) is 94.3 Å². The summed E-state index contributed by atoms with van der Waals surface area (Å²) in [6, 6.07) is 4.54. The molecule has 3 heterocycles. The number of ether oxygens (including phenoxy) is 1. The number of carbonyl (C=O) groups excluding carboxylic acids is 1. The maximum Gasteiger partial charge on any atom is 0.275 e. The molecule has 3 fully saturated rings. The van der Waals surface area contributed by atoms with Crippen LogP contribution in [0.15, 0.2) is 27.7 Å². The van der Waals surface area contributed by atoms with Crippen LogP contribution in [0.1, 0.15) is 53.2 Å². The lowest BCUT2D eigenvalue weighted by atomic mass is 9.90. The number of likely N-dealkylation sites (tertiary alicyclic amines) is 1. The van der Waals surface area contributed by atoms with Crippen LogP contribution in [0.2, 0.25) is 0 Å². The van der Waals surface area contributed by atoms with Gasteiger partial charge in [-0.25, -0.2) is 4.98 Å². The largest absolute Gasteiger partial charge is 0.497 e. The third kappa shape index (κ3) is 7.95. The fraction of sp³-hybridized carbons (Fsp3) is 0.643. The zero-order valence-corrected chi connectivity index (χ0v) is 24.1. The van der Waals surface area contributed by atoms with Crippen LogP contribution in [0.5, 0.6) is 5.75 Å². The molecule has 0 atom stereocenters. The fourth-order valence-electron chi connectivity index (χ4n) is 4.91. The highest BCUT2D eigenvalue weighted by atomic mass is 32.1. The standard InChI is InChI=1S/C19H31N5O3.C9H12OS/c1-22-8-10-23(11-9-22)14-19(26)4-6-24(7-5-19)18(25)16-13-27-17(21-16)12-20-15-2-3-15;1-6-4-8(10-3)5-7(2)9(6)11/h13,15,20,26H,2-12,14H2,1H3;4-5,11H,1-3H3. The molecule has 1 amide bonds. The molecule has 0 radical (unpaired) electrons. The van der Waals surface area contributed by atoms with Crippen molar-refractivity contribution in [3.8, 4) is 5.75 Å². The number of aromatic nitrogens is 1. The van der Waals surface area contributed by atoms with Gasteiger partial charge in [0.25, 0.3) is 5.91 Å². The first-order valence-electron chi connectivity index (χ1n) is 13.6. The number of aryl methyl sites for hydroxylation is 2. The van der Waals surface area contributed by atoms with Crippen LogP contribution in [0.3, 0.4) is 0 Å². The van der Waals surface area contributed by atoms with Gasteiger partial charge in [0.05, 0.1) is 19.3 Å². The van der Waals surface area contributed by atoms with Crippen LogP contribution < -0.4 is 10.1 Å². The number of likely N-dealkylation sites (N-methyl/N-ethyl adjacent to an activating group) is 1. The molecule has 2 aliphatic heterocycles. The summed E-state index contributed by atoms with van der Waals surface area (Å²) in [5.41, 5.74) is 1.98. The summed E-state index contributed by atoms with van der Waals surface area (Å²) in [6.45, 7) is 10.5. The van der Waals surface area contributed by atoms with Crippen LogP contribution in [0.4, 0.5) is 0 Å². The number of amides is 1. The minimum absolute atomic E-state index is 0.0990. The van der Waals surface area contributed by atoms with E-state index in [-0.39, 0.29) is 5.91 Å². The molecule has 2 aromatic rings. The van der Waals surface area contributed by atoms with E-state index in [9.17, 15) is 9.90 Å². The second-order valence-corrected chi connectivity index (χ2v) is 11.4. The zero-order chi connectivity index (χ0) is 27.3. The number of aliphatic hydroxyl groups is 1. The van der Waals surface area contributed by atoms with E-state index in [4.69, 9.17) is 9.15 Å². The molecule has 2 saturated heterocycles. The molecule has 3 aliphatic rings. The van der Waals surface area contributed by atoms with Crippen molar-refractivity contribution in [2.45, 2.75) is 62.6 Å². The summed E-state index contributed by atoms with van der Waals surface area (Å²) >= 11 is 4.34. The molecule has 10 heteroatoms. The molecule has 210 valence electrons. The van der Waals surface area contributed by atoms with Crippen molar-refractivity contribution in [2.24, 2.45) is 0 Å². The number of methoxy groups -OCH3 is 1. The maximum absolute atomic E-state index is 12.7. The molecular formula is C28H43N5O4S.